The molecule has 1 rings (SSSR count). The van der Waals surface area contributed by atoms with Crippen LogP contribution in [0.4, 0.5) is 5.69 Å². The van der Waals surface area contributed by atoms with Crippen LogP contribution in [0.5, 0.6) is 0 Å². The third-order valence-corrected chi connectivity index (χ3v) is 2.69. The summed E-state index contributed by atoms with van der Waals surface area (Å²) < 4.78 is 0. The van der Waals surface area contributed by atoms with Gasteiger partial charge < -0.3 is 10.6 Å². The molecule has 1 aromatic carbocycles. The highest BCUT2D eigenvalue weighted by Gasteiger charge is 2.08. The van der Waals surface area contributed by atoms with Crippen molar-refractivity contribution in [1.82, 2.24) is 5.32 Å². The molecule has 0 heterocycles. The zero-order valence-corrected chi connectivity index (χ0v) is 12.1. The molecule has 0 fully saturated rings. The summed E-state index contributed by atoms with van der Waals surface area (Å²) in [4.78, 5) is 11.7. The molecule has 1 amide bonds. The molecule has 4 heteroatoms. The van der Waals surface area contributed by atoms with E-state index in [1.54, 1.807) is 0 Å². The summed E-state index contributed by atoms with van der Waals surface area (Å²) in [6, 6.07) is 7.99. The van der Waals surface area contributed by atoms with E-state index in [2.05, 4.69) is 30.5 Å². The number of carbonyl (C=O) groups is 1. The Morgan fingerprint density at radius 1 is 1.28 bits per heavy atom. The highest BCUT2D eigenvalue weighted by Crippen LogP contribution is 2.23. The van der Waals surface area contributed by atoms with E-state index in [1.807, 2.05) is 25.2 Å². The zero-order chi connectivity index (χ0) is 12.7. The van der Waals surface area contributed by atoms with E-state index in [-0.39, 0.29) is 18.3 Å². The van der Waals surface area contributed by atoms with Crippen LogP contribution < -0.4 is 10.6 Å². The number of carbonyl (C=O) groups excluding carboxylic acids is 1. The van der Waals surface area contributed by atoms with E-state index in [0.717, 1.165) is 18.7 Å². The minimum atomic E-state index is 0. The van der Waals surface area contributed by atoms with E-state index in [0.29, 0.717) is 12.3 Å². The lowest BCUT2D eigenvalue weighted by molar-refractivity contribution is -0.116. The van der Waals surface area contributed by atoms with Crippen molar-refractivity contribution in [2.24, 2.45) is 0 Å². The summed E-state index contributed by atoms with van der Waals surface area (Å²) >= 11 is 0. The number of nitrogens with one attached hydrogen (secondary N) is 2. The van der Waals surface area contributed by atoms with E-state index < -0.39 is 0 Å². The molecule has 0 aliphatic heterocycles. The molecule has 0 unspecified atom stereocenters. The van der Waals surface area contributed by atoms with Gasteiger partial charge in [0.1, 0.15) is 0 Å². The summed E-state index contributed by atoms with van der Waals surface area (Å²) in [6.07, 6.45) is 1.43. The number of anilines is 1. The van der Waals surface area contributed by atoms with Crippen LogP contribution in [0.25, 0.3) is 0 Å². The molecule has 2 N–H and O–H groups in total. The Kier molecular flexibility index (Phi) is 8.42. The van der Waals surface area contributed by atoms with Crippen molar-refractivity contribution < 1.29 is 4.79 Å². The Bertz CT molecular complexity index is 367. The second kappa shape index (κ2) is 8.95. The lowest BCUT2D eigenvalue weighted by Gasteiger charge is -2.13. The van der Waals surface area contributed by atoms with Crippen molar-refractivity contribution in [2.45, 2.75) is 32.6 Å². The van der Waals surface area contributed by atoms with Crippen molar-refractivity contribution in [2.75, 3.05) is 18.9 Å². The van der Waals surface area contributed by atoms with Crippen LogP contribution in [0.3, 0.4) is 0 Å². The van der Waals surface area contributed by atoms with Gasteiger partial charge in [-0.25, -0.2) is 0 Å². The summed E-state index contributed by atoms with van der Waals surface area (Å²) in [6.45, 7) is 5.14. The monoisotopic (exact) mass is 270 g/mol. The first kappa shape index (κ1) is 16.9. The molecule has 0 aliphatic carbocycles. The lowest BCUT2D eigenvalue weighted by Crippen LogP contribution is -2.16. The topological polar surface area (TPSA) is 41.1 Å². The van der Waals surface area contributed by atoms with Crippen LogP contribution in [0, 0.1) is 0 Å². The van der Waals surface area contributed by atoms with Crippen molar-refractivity contribution in [3.63, 3.8) is 0 Å². The molecule has 0 radical (unpaired) electrons. The third kappa shape index (κ3) is 5.52. The summed E-state index contributed by atoms with van der Waals surface area (Å²) in [5.74, 6) is 0.511. The van der Waals surface area contributed by atoms with E-state index in [9.17, 15) is 4.79 Å². The number of hydrogen-bond acceptors (Lipinski definition) is 2. The maximum atomic E-state index is 11.7. The molecular weight excluding hydrogens is 248 g/mol. The fourth-order valence-corrected chi connectivity index (χ4v) is 1.75. The van der Waals surface area contributed by atoms with E-state index in [1.165, 1.54) is 5.56 Å². The van der Waals surface area contributed by atoms with E-state index >= 15 is 0 Å². The van der Waals surface area contributed by atoms with Gasteiger partial charge in [0, 0.05) is 12.1 Å². The highest BCUT2D eigenvalue weighted by molar-refractivity contribution is 5.91. The minimum Gasteiger partial charge on any atom is -0.326 e. The van der Waals surface area contributed by atoms with Crippen molar-refractivity contribution >= 4 is 24.0 Å². The maximum absolute atomic E-state index is 11.7. The predicted molar refractivity (Wildman–Crippen MR) is 79.6 cm³/mol. The molecule has 0 spiro atoms. The molecule has 1 aromatic rings. The normalized spacial score (nSPS) is 10.0. The number of amides is 1. The van der Waals surface area contributed by atoms with Gasteiger partial charge in [-0.05, 0) is 37.6 Å². The molecule has 0 saturated heterocycles. The first-order chi connectivity index (χ1) is 8.15. The van der Waals surface area contributed by atoms with Crippen LogP contribution in [0.2, 0.25) is 0 Å². The second-order valence-electron chi connectivity index (χ2n) is 4.50. The van der Waals surface area contributed by atoms with Gasteiger partial charge in [-0.2, -0.15) is 0 Å². The molecule has 0 saturated carbocycles. The molecule has 0 aliphatic rings. The molecule has 0 aromatic heterocycles. The Morgan fingerprint density at radius 3 is 2.56 bits per heavy atom. The van der Waals surface area contributed by atoms with Crippen LogP contribution in [-0.4, -0.2) is 19.5 Å². The summed E-state index contributed by atoms with van der Waals surface area (Å²) in [5, 5.41) is 6.02. The average molecular weight is 271 g/mol. The molecule has 18 heavy (non-hydrogen) atoms. The predicted octanol–water partition coefficient (Wildman–Crippen LogP) is 3.17. The van der Waals surface area contributed by atoms with Gasteiger partial charge in [0.05, 0.1) is 0 Å². The molecule has 102 valence electrons. The van der Waals surface area contributed by atoms with Gasteiger partial charge in [0.15, 0.2) is 0 Å². The fraction of sp³-hybridized carbons (Fsp3) is 0.500. The lowest BCUT2D eigenvalue weighted by atomic mass is 10.0. The van der Waals surface area contributed by atoms with Crippen LogP contribution >= 0.6 is 12.4 Å². The van der Waals surface area contributed by atoms with Crippen LogP contribution in [0.15, 0.2) is 24.3 Å². The summed E-state index contributed by atoms with van der Waals surface area (Å²) in [7, 11) is 1.89. The van der Waals surface area contributed by atoms with Crippen molar-refractivity contribution in [3.05, 3.63) is 29.8 Å². The Hall–Kier alpha value is -1.06. The van der Waals surface area contributed by atoms with Gasteiger partial charge in [-0.15, -0.1) is 12.4 Å². The number of rotatable bonds is 6. The molecular formula is C14H23ClN2O. The van der Waals surface area contributed by atoms with Gasteiger partial charge in [-0.1, -0.05) is 32.0 Å². The fourth-order valence-electron chi connectivity index (χ4n) is 1.75. The second-order valence-corrected chi connectivity index (χ2v) is 4.50. The number of para-hydroxylation sites is 1. The van der Waals surface area contributed by atoms with Gasteiger partial charge in [-0.3, -0.25) is 4.79 Å². The first-order valence-corrected chi connectivity index (χ1v) is 6.18. The smallest absolute Gasteiger partial charge is 0.224 e. The van der Waals surface area contributed by atoms with Gasteiger partial charge in [0.2, 0.25) is 5.91 Å². The molecule has 3 nitrogen and oxygen atoms in total. The van der Waals surface area contributed by atoms with Gasteiger partial charge >= 0.3 is 0 Å². The Morgan fingerprint density at radius 2 is 1.94 bits per heavy atom. The largest absolute Gasteiger partial charge is 0.326 e. The highest BCUT2D eigenvalue weighted by atomic mass is 35.5. The van der Waals surface area contributed by atoms with Crippen molar-refractivity contribution in [3.8, 4) is 0 Å². The quantitative estimate of drug-likeness (QED) is 0.780. The van der Waals surface area contributed by atoms with Crippen LogP contribution in [0.1, 0.15) is 38.2 Å². The number of benzene rings is 1. The Balaban J connectivity index is 0.00000289. The SMILES string of the molecule is CNCCCC(=O)Nc1ccccc1C(C)C.Cl. The average Bonchev–Trinajstić information content (AvgIpc) is 2.29. The van der Waals surface area contributed by atoms with E-state index in [4.69, 9.17) is 0 Å². The zero-order valence-electron chi connectivity index (χ0n) is 11.3. The molecule has 0 atom stereocenters. The standard InChI is InChI=1S/C14H22N2O.ClH/c1-11(2)12-7-4-5-8-13(12)16-14(17)9-6-10-15-3;/h4-5,7-8,11,15H,6,9-10H2,1-3H3,(H,16,17);1H. The molecule has 0 bridgehead atoms. The third-order valence-electron chi connectivity index (χ3n) is 2.69. The summed E-state index contributed by atoms with van der Waals surface area (Å²) in [5.41, 5.74) is 2.13. The Labute approximate surface area is 116 Å². The number of hydrogen-bond donors (Lipinski definition) is 2. The number of halogens is 1. The van der Waals surface area contributed by atoms with Gasteiger partial charge in [0.25, 0.3) is 0 Å². The first-order valence-electron chi connectivity index (χ1n) is 6.18. The maximum Gasteiger partial charge on any atom is 0.224 e. The van der Waals surface area contributed by atoms with Crippen molar-refractivity contribution in [1.29, 1.82) is 0 Å². The van der Waals surface area contributed by atoms with Crippen LogP contribution in [-0.2, 0) is 4.79 Å². The minimum absolute atomic E-state index is 0.